The molecule has 0 fully saturated rings. The molecule has 310 valence electrons. The van der Waals surface area contributed by atoms with E-state index in [0.29, 0.717) is 19.3 Å². The first-order valence-electron chi connectivity index (χ1n) is 22.7. The molecule has 1 amide bonds. The van der Waals surface area contributed by atoms with Crippen molar-refractivity contribution in [3.8, 4) is 0 Å². The summed E-state index contributed by atoms with van der Waals surface area (Å²) in [4.78, 5) is 25.9. The molecule has 0 spiro atoms. The topological polar surface area (TPSA) is 95.9 Å². The highest BCUT2D eigenvalue weighted by Crippen LogP contribution is 2.17. The SMILES string of the molecule is CC/C=C/C/C=C/C/C=C/CCCCCCCCC(=O)OC(CCCCCCCCCC)CC(=O)NC(CO)C(O)CCCCCCCCCCCC. The molecule has 0 saturated carbocycles. The zero-order valence-electron chi connectivity index (χ0n) is 35.1. The van der Waals surface area contributed by atoms with Crippen LogP contribution in [0.3, 0.4) is 0 Å². The number of ether oxygens (including phenoxy) is 1. The van der Waals surface area contributed by atoms with Crippen molar-refractivity contribution in [2.75, 3.05) is 6.61 Å². The van der Waals surface area contributed by atoms with Crippen LogP contribution in [0.25, 0.3) is 0 Å². The van der Waals surface area contributed by atoms with E-state index in [-0.39, 0.29) is 24.9 Å². The van der Waals surface area contributed by atoms with Crippen LogP contribution >= 0.6 is 0 Å². The quantitative estimate of drug-likeness (QED) is 0.0330. The maximum absolute atomic E-state index is 13.1. The maximum atomic E-state index is 13.1. The third-order valence-corrected chi connectivity index (χ3v) is 10.2. The van der Waals surface area contributed by atoms with Gasteiger partial charge in [0.1, 0.15) is 6.10 Å². The molecule has 3 N–H and O–H groups in total. The Balaban J connectivity index is 4.49. The average molecular weight is 746 g/mol. The Hall–Kier alpha value is -1.92. The predicted octanol–water partition coefficient (Wildman–Crippen LogP) is 12.9. The summed E-state index contributed by atoms with van der Waals surface area (Å²) in [7, 11) is 0. The van der Waals surface area contributed by atoms with Crippen molar-refractivity contribution < 1.29 is 24.5 Å². The van der Waals surface area contributed by atoms with Gasteiger partial charge in [0.25, 0.3) is 0 Å². The van der Waals surface area contributed by atoms with Gasteiger partial charge in [-0.25, -0.2) is 0 Å². The third-order valence-electron chi connectivity index (χ3n) is 10.2. The minimum atomic E-state index is -0.784. The lowest BCUT2D eigenvalue weighted by Crippen LogP contribution is -2.46. The number of aliphatic hydroxyl groups excluding tert-OH is 2. The van der Waals surface area contributed by atoms with Crippen molar-refractivity contribution >= 4 is 11.9 Å². The smallest absolute Gasteiger partial charge is 0.306 e. The number of nitrogens with one attached hydrogen (secondary N) is 1. The Kier molecular flexibility index (Phi) is 39.8. The normalized spacial score (nSPS) is 13.7. The molecule has 0 heterocycles. The van der Waals surface area contributed by atoms with Crippen LogP contribution < -0.4 is 5.32 Å². The summed E-state index contributed by atoms with van der Waals surface area (Å²) < 4.78 is 5.88. The van der Waals surface area contributed by atoms with Gasteiger partial charge in [0.15, 0.2) is 0 Å². The molecule has 0 aromatic carbocycles. The molecule has 0 saturated heterocycles. The second kappa shape index (κ2) is 41.2. The van der Waals surface area contributed by atoms with Crippen LogP contribution in [0.2, 0.25) is 0 Å². The van der Waals surface area contributed by atoms with Crippen molar-refractivity contribution in [3.63, 3.8) is 0 Å². The molecule has 3 unspecified atom stereocenters. The Morgan fingerprint density at radius 1 is 0.566 bits per heavy atom. The van der Waals surface area contributed by atoms with Crippen LogP contribution in [-0.4, -0.2) is 46.9 Å². The summed E-state index contributed by atoms with van der Waals surface area (Å²) in [6.45, 7) is 6.32. The highest BCUT2D eigenvalue weighted by Gasteiger charge is 2.24. The maximum Gasteiger partial charge on any atom is 0.306 e. The average Bonchev–Trinajstić information content (AvgIpc) is 3.15. The zero-order valence-corrected chi connectivity index (χ0v) is 35.1. The van der Waals surface area contributed by atoms with Gasteiger partial charge in [0.2, 0.25) is 5.91 Å². The monoisotopic (exact) mass is 746 g/mol. The summed E-state index contributed by atoms with van der Waals surface area (Å²) in [6, 6.07) is -0.698. The van der Waals surface area contributed by atoms with E-state index in [0.717, 1.165) is 77.0 Å². The fraction of sp³-hybridized carbons (Fsp3) is 0.830. The second-order valence-corrected chi connectivity index (χ2v) is 15.4. The van der Waals surface area contributed by atoms with Crippen molar-refractivity contribution in [1.29, 1.82) is 0 Å². The number of hydrogen-bond acceptors (Lipinski definition) is 5. The molecule has 0 aromatic heterocycles. The summed E-state index contributed by atoms with van der Waals surface area (Å²) >= 11 is 0. The largest absolute Gasteiger partial charge is 0.462 e. The molecule has 0 rings (SSSR count). The number of rotatable bonds is 40. The van der Waals surface area contributed by atoms with Crippen molar-refractivity contribution in [2.45, 2.75) is 244 Å². The van der Waals surface area contributed by atoms with Gasteiger partial charge in [-0.15, -0.1) is 0 Å². The van der Waals surface area contributed by atoms with E-state index in [1.165, 1.54) is 103 Å². The lowest BCUT2D eigenvalue weighted by molar-refractivity contribution is -0.151. The van der Waals surface area contributed by atoms with E-state index < -0.39 is 18.2 Å². The molecule has 6 heteroatoms. The number of allylic oxidation sites excluding steroid dienone is 6. The van der Waals surface area contributed by atoms with Crippen molar-refractivity contribution in [3.05, 3.63) is 36.5 Å². The van der Waals surface area contributed by atoms with Crippen molar-refractivity contribution in [1.82, 2.24) is 5.32 Å². The Bertz CT molecular complexity index is 884. The van der Waals surface area contributed by atoms with Crippen molar-refractivity contribution in [2.24, 2.45) is 0 Å². The van der Waals surface area contributed by atoms with Gasteiger partial charge in [-0.1, -0.05) is 192 Å². The molecular formula is C47H87NO5. The minimum Gasteiger partial charge on any atom is -0.462 e. The van der Waals surface area contributed by atoms with E-state index in [1.807, 2.05) is 0 Å². The van der Waals surface area contributed by atoms with Gasteiger partial charge >= 0.3 is 5.97 Å². The molecule has 0 radical (unpaired) electrons. The van der Waals surface area contributed by atoms with Gasteiger partial charge < -0.3 is 20.3 Å². The van der Waals surface area contributed by atoms with E-state index >= 15 is 0 Å². The highest BCUT2D eigenvalue weighted by atomic mass is 16.5. The number of aliphatic hydroxyl groups is 2. The number of carbonyl (C=O) groups excluding carboxylic acids is 2. The number of hydrogen-bond donors (Lipinski definition) is 3. The second-order valence-electron chi connectivity index (χ2n) is 15.4. The first-order valence-corrected chi connectivity index (χ1v) is 22.7. The number of esters is 1. The Morgan fingerprint density at radius 3 is 1.55 bits per heavy atom. The van der Waals surface area contributed by atoms with Crippen LogP contribution in [0.5, 0.6) is 0 Å². The van der Waals surface area contributed by atoms with Gasteiger partial charge in [0.05, 0.1) is 25.2 Å². The molecule has 6 nitrogen and oxygen atoms in total. The molecule has 53 heavy (non-hydrogen) atoms. The fourth-order valence-electron chi connectivity index (χ4n) is 6.80. The molecular weight excluding hydrogens is 659 g/mol. The van der Waals surface area contributed by atoms with E-state index in [4.69, 9.17) is 4.74 Å². The van der Waals surface area contributed by atoms with Crippen LogP contribution in [0.15, 0.2) is 36.5 Å². The number of unbranched alkanes of at least 4 members (excludes halogenated alkanes) is 22. The van der Waals surface area contributed by atoms with Gasteiger partial charge in [0, 0.05) is 6.42 Å². The summed E-state index contributed by atoms with van der Waals surface area (Å²) in [5.41, 5.74) is 0. The van der Waals surface area contributed by atoms with Crippen LogP contribution in [0, 0.1) is 0 Å². The summed E-state index contributed by atoms with van der Waals surface area (Å²) in [5.74, 6) is -0.489. The Morgan fingerprint density at radius 2 is 1.02 bits per heavy atom. The minimum absolute atomic E-state index is 0.0742. The lowest BCUT2D eigenvalue weighted by atomic mass is 10.0. The first kappa shape index (κ1) is 51.1. The predicted molar refractivity (Wildman–Crippen MR) is 227 cm³/mol. The molecule has 0 aromatic rings. The number of carbonyl (C=O) groups is 2. The van der Waals surface area contributed by atoms with Crippen LogP contribution in [0.4, 0.5) is 0 Å². The standard InChI is InChI=1S/C47H87NO5/c1-4-7-10-13-16-19-21-22-23-24-25-26-28-31-34-37-40-47(52)53-43(38-35-32-29-18-15-12-9-6-3)41-46(51)48-44(42-49)45(50)39-36-33-30-27-20-17-14-11-8-5-2/h7,10,16,19,22-23,43-45,49-50H,4-6,8-9,11-15,17-18,20-21,24-42H2,1-3H3,(H,48,51)/b10-7+,19-16+,23-22+. The molecule has 3 atom stereocenters. The molecule has 0 aliphatic rings. The first-order chi connectivity index (χ1) is 26.0. The fourth-order valence-corrected chi connectivity index (χ4v) is 6.80. The lowest BCUT2D eigenvalue weighted by Gasteiger charge is -2.24. The van der Waals surface area contributed by atoms with Crippen LogP contribution in [0.1, 0.15) is 226 Å². The van der Waals surface area contributed by atoms with Gasteiger partial charge in [-0.2, -0.15) is 0 Å². The van der Waals surface area contributed by atoms with Gasteiger partial charge in [-0.3, -0.25) is 9.59 Å². The molecule has 0 aliphatic carbocycles. The summed E-state index contributed by atoms with van der Waals surface area (Å²) in [6.07, 6.45) is 46.4. The van der Waals surface area contributed by atoms with E-state index in [2.05, 4.69) is 62.5 Å². The van der Waals surface area contributed by atoms with Gasteiger partial charge in [-0.05, 0) is 57.8 Å². The van der Waals surface area contributed by atoms with E-state index in [9.17, 15) is 19.8 Å². The van der Waals surface area contributed by atoms with E-state index in [1.54, 1.807) is 0 Å². The zero-order chi connectivity index (χ0) is 38.9. The van der Waals surface area contributed by atoms with Crippen LogP contribution in [-0.2, 0) is 14.3 Å². The molecule has 0 aliphatic heterocycles. The third kappa shape index (κ3) is 36.8. The molecule has 0 bridgehead atoms. The highest BCUT2D eigenvalue weighted by molar-refractivity contribution is 5.77. The summed E-state index contributed by atoms with van der Waals surface area (Å²) in [5, 5.41) is 23.6. The Labute approximate surface area is 328 Å². The number of amides is 1.